The summed E-state index contributed by atoms with van der Waals surface area (Å²) in [5.41, 5.74) is 3.49. The highest BCUT2D eigenvalue weighted by molar-refractivity contribution is 7.67. The maximum Gasteiger partial charge on any atom is -0.0138 e. The van der Waals surface area contributed by atoms with Crippen LogP contribution in [0, 0.1) is 30.6 Å². The topological polar surface area (TPSA) is 0 Å². The van der Waals surface area contributed by atoms with Crippen LogP contribution in [0.3, 0.4) is 0 Å². The Bertz CT molecular complexity index is 530. The third-order valence-corrected chi connectivity index (χ3v) is 11.7. The molecule has 1 heteroatoms. The van der Waals surface area contributed by atoms with E-state index in [1.165, 1.54) is 69.8 Å². The van der Waals surface area contributed by atoms with Crippen molar-refractivity contribution in [1.29, 1.82) is 0 Å². The van der Waals surface area contributed by atoms with Crippen LogP contribution in [0.25, 0.3) is 0 Å². The molecule has 1 aromatic rings. The van der Waals surface area contributed by atoms with Gasteiger partial charge in [-0.25, -0.2) is 0 Å². The summed E-state index contributed by atoms with van der Waals surface area (Å²) >= 11 is 0. The monoisotopic (exact) mass is 370 g/mol. The molecule has 1 heterocycles. The van der Waals surface area contributed by atoms with Crippen molar-refractivity contribution >= 4 is 13.2 Å². The third-order valence-electron chi connectivity index (χ3n) is 8.01. The molecule has 2 saturated carbocycles. The fourth-order valence-corrected chi connectivity index (χ4v) is 10.3. The Morgan fingerprint density at radius 3 is 1.46 bits per heavy atom. The first-order valence-electron chi connectivity index (χ1n) is 11.5. The molecule has 144 valence electrons. The van der Waals surface area contributed by atoms with Crippen LogP contribution in [0.5, 0.6) is 0 Å². The number of hydrogen-bond donors (Lipinski definition) is 0. The first-order valence-corrected chi connectivity index (χ1v) is 12.9. The minimum Gasteiger partial charge on any atom is -0.0684 e. The van der Waals surface area contributed by atoms with Gasteiger partial charge in [0.2, 0.25) is 0 Å². The van der Waals surface area contributed by atoms with Gasteiger partial charge < -0.3 is 0 Å². The van der Waals surface area contributed by atoms with Crippen LogP contribution >= 0.6 is 7.92 Å². The molecule has 3 aliphatic rings. The molecule has 3 fully saturated rings. The molecule has 0 aromatic heterocycles. The summed E-state index contributed by atoms with van der Waals surface area (Å²) < 4.78 is 0. The van der Waals surface area contributed by atoms with E-state index < -0.39 is 0 Å². The van der Waals surface area contributed by atoms with Crippen LogP contribution in [-0.4, -0.2) is 11.3 Å². The van der Waals surface area contributed by atoms with E-state index in [0.717, 1.165) is 35.0 Å². The number of hydrogen-bond acceptors (Lipinski definition) is 0. The highest BCUT2D eigenvalue weighted by atomic mass is 31.1. The van der Waals surface area contributed by atoms with Gasteiger partial charge in [-0.2, -0.15) is 0 Å². The zero-order valence-electron chi connectivity index (χ0n) is 17.3. The number of benzene rings is 1. The highest BCUT2D eigenvalue weighted by Crippen LogP contribution is 2.62. The fourth-order valence-electron chi connectivity index (χ4n) is 6.23. The van der Waals surface area contributed by atoms with E-state index in [4.69, 9.17) is 0 Å². The van der Waals surface area contributed by atoms with Gasteiger partial charge in [0.1, 0.15) is 0 Å². The summed E-state index contributed by atoms with van der Waals surface area (Å²) in [6.07, 6.45) is 15.1. The zero-order chi connectivity index (χ0) is 18.1. The van der Waals surface area contributed by atoms with Gasteiger partial charge in [0.15, 0.2) is 0 Å². The molecule has 0 bridgehead atoms. The number of rotatable bonds is 3. The lowest BCUT2D eigenvalue weighted by molar-refractivity contribution is 0.274. The molecular formula is C25H39P. The lowest BCUT2D eigenvalue weighted by Crippen LogP contribution is -2.29. The minimum absolute atomic E-state index is 0.0463. The van der Waals surface area contributed by atoms with Crippen LogP contribution in [0.15, 0.2) is 24.3 Å². The summed E-state index contributed by atoms with van der Waals surface area (Å²) in [5.74, 6) is 4.03. The van der Waals surface area contributed by atoms with Gasteiger partial charge in [0.25, 0.3) is 0 Å². The lowest BCUT2D eigenvalue weighted by Gasteiger charge is -2.39. The van der Waals surface area contributed by atoms with Crippen molar-refractivity contribution in [2.45, 2.75) is 96.3 Å². The summed E-state index contributed by atoms with van der Waals surface area (Å²) in [6.45, 7) is 7.19. The van der Waals surface area contributed by atoms with Crippen LogP contribution < -0.4 is 5.30 Å². The Balaban J connectivity index is 1.56. The van der Waals surface area contributed by atoms with E-state index in [1.54, 1.807) is 5.30 Å². The molecule has 4 rings (SSSR count). The van der Waals surface area contributed by atoms with Gasteiger partial charge in [-0.05, 0) is 85.7 Å². The van der Waals surface area contributed by atoms with Crippen molar-refractivity contribution in [3.05, 3.63) is 29.8 Å². The number of aryl methyl sites for hydroxylation is 1. The molecule has 1 saturated heterocycles. The third kappa shape index (κ3) is 4.06. The summed E-state index contributed by atoms with van der Waals surface area (Å²) in [6, 6.07) is 9.80. The minimum atomic E-state index is 0.0463. The van der Waals surface area contributed by atoms with Crippen molar-refractivity contribution in [2.75, 3.05) is 0 Å². The van der Waals surface area contributed by atoms with Crippen LogP contribution in [0.2, 0.25) is 0 Å². The van der Waals surface area contributed by atoms with Gasteiger partial charge in [-0.15, -0.1) is 0 Å². The normalized spacial score (nSPS) is 41.3. The Labute approximate surface area is 163 Å². The van der Waals surface area contributed by atoms with Crippen molar-refractivity contribution in [3.63, 3.8) is 0 Å². The molecule has 2 aliphatic carbocycles. The maximum atomic E-state index is 2.52. The van der Waals surface area contributed by atoms with E-state index in [2.05, 4.69) is 45.0 Å². The molecule has 1 aromatic carbocycles. The van der Waals surface area contributed by atoms with E-state index in [1.807, 2.05) is 0 Å². The molecule has 0 nitrogen and oxygen atoms in total. The first kappa shape index (κ1) is 19.0. The maximum absolute atomic E-state index is 2.52. The SMILES string of the molecule is Cc1ccc(P2C(C3CCC(C)CC3)CCC2C2CCC(C)CC2)cc1. The Hall–Kier alpha value is -0.350. The van der Waals surface area contributed by atoms with Gasteiger partial charge in [0.05, 0.1) is 0 Å². The second-order valence-electron chi connectivity index (χ2n) is 9.99. The molecule has 0 amide bonds. The van der Waals surface area contributed by atoms with Gasteiger partial charge in [-0.1, -0.05) is 77.3 Å². The van der Waals surface area contributed by atoms with E-state index >= 15 is 0 Å². The Kier molecular flexibility index (Phi) is 6.09. The summed E-state index contributed by atoms with van der Waals surface area (Å²) in [5, 5.41) is 1.75. The average molecular weight is 371 g/mol. The van der Waals surface area contributed by atoms with Gasteiger partial charge in [0, 0.05) is 0 Å². The van der Waals surface area contributed by atoms with Gasteiger partial charge in [-0.3, -0.25) is 0 Å². The molecule has 0 N–H and O–H groups in total. The summed E-state index contributed by atoms with van der Waals surface area (Å²) in [7, 11) is 0.0463. The largest absolute Gasteiger partial charge is 0.0684 e. The lowest BCUT2D eigenvalue weighted by atomic mass is 9.79. The van der Waals surface area contributed by atoms with Crippen molar-refractivity contribution in [1.82, 2.24) is 0 Å². The zero-order valence-corrected chi connectivity index (χ0v) is 18.2. The summed E-state index contributed by atoms with van der Waals surface area (Å²) in [4.78, 5) is 0. The Morgan fingerprint density at radius 2 is 1.04 bits per heavy atom. The first-order chi connectivity index (χ1) is 12.6. The fraction of sp³-hybridized carbons (Fsp3) is 0.760. The predicted octanol–water partition coefficient (Wildman–Crippen LogP) is 7.29. The quantitative estimate of drug-likeness (QED) is 0.490. The smallest absolute Gasteiger partial charge is 0.0138 e. The van der Waals surface area contributed by atoms with Crippen LogP contribution in [0.4, 0.5) is 0 Å². The second kappa shape index (κ2) is 8.34. The molecule has 26 heavy (non-hydrogen) atoms. The highest BCUT2D eigenvalue weighted by Gasteiger charge is 2.44. The van der Waals surface area contributed by atoms with Crippen molar-refractivity contribution < 1.29 is 0 Å². The predicted molar refractivity (Wildman–Crippen MR) is 117 cm³/mol. The second-order valence-corrected chi connectivity index (χ2v) is 12.7. The van der Waals surface area contributed by atoms with Crippen molar-refractivity contribution in [3.8, 4) is 0 Å². The van der Waals surface area contributed by atoms with E-state index in [9.17, 15) is 0 Å². The Morgan fingerprint density at radius 1 is 0.615 bits per heavy atom. The molecule has 2 unspecified atom stereocenters. The molecule has 0 radical (unpaired) electrons. The molecular weight excluding hydrogens is 331 g/mol. The standard InChI is InChI=1S/C25H39P/c1-18-4-10-21(11-5-18)24-16-17-25(22-12-6-19(2)7-13-22)26(24)23-14-8-20(3)9-15-23/h8-9,14-15,18-19,21-22,24-25H,4-7,10-13,16-17H2,1-3H3. The molecule has 2 atom stereocenters. The van der Waals surface area contributed by atoms with E-state index in [0.29, 0.717) is 0 Å². The molecule has 1 aliphatic heterocycles. The van der Waals surface area contributed by atoms with Crippen molar-refractivity contribution in [2.24, 2.45) is 23.7 Å². The average Bonchev–Trinajstić information content (AvgIpc) is 3.08. The molecule has 0 spiro atoms. The van der Waals surface area contributed by atoms with Crippen LogP contribution in [0.1, 0.15) is 83.6 Å². The van der Waals surface area contributed by atoms with Crippen LogP contribution in [-0.2, 0) is 0 Å². The van der Waals surface area contributed by atoms with E-state index in [-0.39, 0.29) is 7.92 Å². The van der Waals surface area contributed by atoms with Gasteiger partial charge >= 0.3 is 0 Å².